The lowest BCUT2D eigenvalue weighted by molar-refractivity contribution is 0.112. The summed E-state index contributed by atoms with van der Waals surface area (Å²) in [5, 5.41) is 11.5. The third-order valence-corrected chi connectivity index (χ3v) is 4.33. The fourth-order valence-corrected chi connectivity index (χ4v) is 3.13. The minimum absolute atomic E-state index is 0.113. The lowest BCUT2D eigenvalue weighted by Gasteiger charge is -2.10. The Morgan fingerprint density at radius 2 is 2.12 bits per heavy atom. The number of aromatic nitrogens is 3. The van der Waals surface area contributed by atoms with Gasteiger partial charge >= 0.3 is 0 Å². The zero-order valence-electron chi connectivity index (χ0n) is 13.3. The quantitative estimate of drug-likeness (QED) is 0.222. The Bertz CT molecular complexity index is 1170. The summed E-state index contributed by atoms with van der Waals surface area (Å²) in [6.07, 6.45) is 3.75. The number of halogens is 1. The van der Waals surface area contributed by atoms with Gasteiger partial charge in [0.15, 0.2) is 17.8 Å². The summed E-state index contributed by atoms with van der Waals surface area (Å²) in [6.45, 7) is 0. The molecule has 4 aromatic rings. The monoisotopic (exact) mass is 365 g/mol. The molecular formula is C18H12ClN5O2. The van der Waals surface area contributed by atoms with E-state index < -0.39 is 0 Å². The van der Waals surface area contributed by atoms with Crippen molar-refractivity contribution in [3.05, 3.63) is 65.1 Å². The molecule has 26 heavy (non-hydrogen) atoms. The number of amidine groups is 1. The highest BCUT2D eigenvalue weighted by Crippen LogP contribution is 2.35. The minimum atomic E-state index is 0.113. The van der Waals surface area contributed by atoms with Gasteiger partial charge in [-0.25, -0.2) is 15.0 Å². The van der Waals surface area contributed by atoms with Crippen LogP contribution in [0.3, 0.4) is 0 Å². The maximum absolute atomic E-state index is 11.7. The van der Waals surface area contributed by atoms with Gasteiger partial charge in [-0.15, -0.1) is 0 Å². The second-order valence-corrected chi connectivity index (χ2v) is 5.90. The summed E-state index contributed by atoms with van der Waals surface area (Å²) in [7, 11) is 0. The molecule has 2 aromatic heterocycles. The van der Waals surface area contributed by atoms with E-state index >= 15 is 0 Å². The summed E-state index contributed by atoms with van der Waals surface area (Å²) in [5.74, 6) is 0.113. The molecule has 0 aliphatic carbocycles. The third-order valence-electron chi connectivity index (χ3n) is 4.04. The van der Waals surface area contributed by atoms with E-state index in [1.807, 2.05) is 24.3 Å². The van der Waals surface area contributed by atoms with Crippen LogP contribution in [0.5, 0.6) is 0 Å². The predicted molar refractivity (Wildman–Crippen MR) is 99.4 cm³/mol. The standard InChI is InChI=1S/C18H12ClN5O2/c19-14-7-10-3-1-2-4-11(10)13(8-25)15(14)23-17(24-26)12-5-6-20-18-16(12)21-9-22-18/h1-9,26H,(H,23,24)(H,20,21,22). The number of nitrogens with one attached hydrogen (secondary N) is 2. The maximum Gasteiger partial charge on any atom is 0.178 e. The Morgan fingerprint density at radius 3 is 2.92 bits per heavy atom. The number of imidazole rings is 1. The number of aliphatic imine (C=N–C) groups is 1. The van der Waals surface area contributed by atoms with Gasteiger partial charge in [0, 0.05) is 17.3 Å². The van der Waals surface area contributed by atoms with Crippen molar-refractivity contribution in [2.75, 3.05) is 0 Å². The first-order valence-corrected chi connectivity index (χ1v) is 8.04. The molecule has 0 aliphatic rings. The van der Waals surface area contributed by atoms with Crippen LogP contribution in [0.4, 0.5) is 5.69 Å². The molecule has 0 spiro atoms. The van der Waals surface area contributed by atoms with E-state index in [0.29, 0.717) is 33.6 Å². The number of rotatable bonds is 3. The molecule has 0 saturated heterocycles. The number of hydrogen-bond donors (Lipinski definition) is 3. The Hall–Kier alpha value is -3.29. The average Bonchev–Trinajstić information content (AvgIpc) is 3.15. The van der Waals surface area contributed by atoms with E-state index in [9.17, 15) is 10.0 Å². The number of fused-ring (bicyclic) bond motifs is 2. The summed E-state index contributed by atoms with van der Waals surface area (Å²) in [5.41, 5.74) is 4.29. The van der Waals surface area contributed by atoms with E-state index in [4.69, 9.17) is 11.6 Å². The maximum atomic E-state index is 11.7. The molecular weight excluding hydrogens is 354 g/mol. The fraction of sp³-hybridized carbons (Fsp3) is 0. The molecule has 8 heteroatoms. The van der Waals surface area contributed by atoms with Gasteiger partial charge < -0.3 is 4.98 Å². The number of hydroxylamine groups is 1. The molecule has 0 radical (unpaired) electrons. The number of carbonyl (C=O) groups is 1. The Morgan fingerprint density at radius 1 is 1.27 bits per heavy atom. The van der Waals surface area contributed by atoms with Crippen molar-refractivity contribution >= 4 is 51.3 Å². The smallest absolute Gasteiger partial charge is 0.178 e. The fourth-order valence-electron chi connectivity index (χ4n) is 2.87. The predicted octanol–water partition coefficient (Wildman–Crippen LogP) is 3.63. The summed E-state index contributed by atoms with van der Waals surface area (Å²) in [4.78, 5) is 27.3. The van der Waals surface area contributed by atoms with Crippen LogP contribution in [-0.2, 0) is 0 Å². The summed E-state index contributed by atoms with van der Waals surface area (Å²) < 4.78 is 0. The molecule has 0 saturated carbocycles. The van der Waals surface area contributed by atoms with Gasteiger partial charge in [-0.2, -0.15) is 0 Å². The van der Waals surface area contributed by atoms with Gasteiger partial charge in [0.05, 0.1) is 22.6 Å². The van der Waals surface area contributed by atoms with E-state index in [2.05, 4.69) is 25.4 Å². The van der Waals surface area contributed by atoms with Crippen LogP contribution < -0.4 is 5.48 Å². The second kappa shape index (κ2) is 6.55. The highest BCUT2D eigenvalue weighted by Gasteiger charge is 2.15. The first-order valence-electron chi connectivity index (χ1n) is 7.66. The van der Waals surface area contributed by atoms with Crippen LogP contribution in [0.25, 0.3) is 21.9 Å². The van der Waals surface area contributed by atoms with Crippen molar-refractivity contribution in [3.63, 3.8) is 0 Å². The first kappa shape index (κ1) is 16.2. The lowest BCUT2D eigenvalue weighted by atomic mass is 10.0. The zero-order valence-corrected chi connectivity index (χ0v) is 14.0. The molecule has 0 fully saturated rings. The van der Waals surface area contributed by atoms with Crippen LogP contribution in [0.15, 0.2) is 53.9 Å². The molecule has 4 rings (SSSR count). The molecule has 2 heterocycles. The van der Waals surface area contributed by atoms with E-state index in [-0.39, 0.29) is 11.5 Å². The Labute approximate surface area is 152 Å². The number of carbonyl (C=O) groups excluding carboxylic acids is 1. The molecule has 0 atom stereocenters. The second-order valence-electron chi connectivity index (χ2n) is 5.49. The number of aldehydes is 1. The van der Waals surface area contributed by atoms with Crippen LogP contribution in [0.2, 0.25) is 5.02 Å². The molecule has 0 unspecified atom stereocenters. The van der Waals surface area contributed by atoms with Crippen molar-refractivity contribution < 1.29 is 10.0 Å². The van der Waals surface area contributed by atoms with Crippen molar-refractivity contribution in [2.24, 2.45) is 4.99 Å². The van der Waals surface area contributed by atoms with Crippen molar-refractivity contribution in [1.82, 2.24) is 20.4 Å². The van der Waals surface area contributed by atoms with Crippen molar-refractivity contribution in [2.45, 2.75) is 0 Å². The van der Waals surface area contributed by atoms with E-state index in [0.717, 1.165) is 10.8 Å². The summed E-state index contributed by atoms with van der Waals surface area (Å²) >= 11 is 6.36. The number of benzene rings is 2. The van der Waals surface area contributed by atoms with Gasteiger partial charge in [-0.05, 0) is 22.9 Å². The normalized spacial score (nSPS) is 11.8. The third kappa shape index (κ3) is 2.59. The SMILES string of the molecule is O=Cc1c(N=C(NO)c2ccnc3nc[nH]c23)c(Cl)cc2ccccc12. The molecule has 3 N–H and O–H groups in total. The highest BCUT2D eigenvalue weighted by molar-refractivity contribution is 6.35. The van der Waals surface area contributed by atoms with Crippen molar-refractivity contribution in [3.8, 4) is 0 Å². The van der Waals surface area contributed by atoms with Gasteiger partial charge in [0.25, 0.3) is 0 Å². The first-order chi connectivity index (χ1) is 12.7. The zero-order chi connectivity index (χ0) is 18.1. The van der Waals surface area contributed by atoms with Crippen molar-refractivity contribution in [1.29, 1.82) is 0 Å². The molecule has 2 aromatic carbocycles. The Kier molecular flexibility index (Phi) is 4.08. The van der Waals surface area contributed by atoms with Crippen LogP contribution >= 0.6 is 11.6 Å². The molecule has 0 amide bonds. The number of pyridine rings is 1. The molecule has 0 bridgehead atoms. The minimum Gasteiger partial charge on any atom is -0.343 e. The molecule has 128 valence electrons. The molecule has 0 aliphatic heterocycles. The topological polar surface area (TPSA) is 103 Å². The largest absolute Gasteiger partial charge is 0.343 e. The average molecular weight is 366 g/mol. The number of H-pyrrole nitrogens is 1. The van der Waals surface area contributed by atoms with Gasteiger partial charge in [-0.3, -0.25) is 15.5 Å². The van der Waals surface area contributed by atoms with Gasteiger partial charge in [-0.1, -0.05) is 35.9 Å². The molecule has 7 nitrogen and oxygen atoms in total. The van der Waals surface area contributed by atoms with E-state index in [1.165, 1.54) is 6.33 Å². The number of hydrogen-bond acceptors (Lipinski definition) is 5. The van der Waals surface area contributed by atoms with Crippen LogP contribution in [0, 0.1) is 0 Å². The van der Waals surface area contributed by atoms with Gasteiger partial charge in [0.2, 0.25) is 0 Å². The van der Waals surface area contributed by atoms with Crippen LogP contribution in [-0.4, -0.2) is 32.3 Å². The highest BCUT2D eigenvalue weighted by atomic mass is 35.5. The Balaban J connectivity index is 1.98. The van der Waals surface area contributed by atoms with Gasteiger partial charge in [0.1, 0.15) is 0 Å². The summed E-state index contributed by atoms with van der Waals surface area (Å²) in [6, 6.07) is 10.8. The number of nitrogens with zero attached hydrogens (tertiary/aromatic N) is 3. The lowest BCUT2D eigenvalue weighted by Crippen LogP contribution is -2.20. The number of aromatic amines is 1. The van der Waals surface area contributed by atoms with E-state index in [1.54, 1.807) is 18.3 Å². The van der Waals surface area contributed by atoms with Crippen LogP contribution in [0.1, 0.15) is 15.9 Å².